The molecule has 0 unspecified atom stereocenters. The van der Waals surface area contributed by atoms with Crippen molar-refractivity contribution in [3.63, 3.8) is 0 Å². The molecule has 0 fully saturated rings. The Morgan fingerprint density at radius 1 is 1.19 bits per heavy atom. The van der Waals surface area contributed by atoms with Crippen molar-refractivity contribution in [2.75, 3.05) is 27.4 Å². The molecule has 0 saturated carbocycles. The summed E-state index contributed by atoms with van der Waals surface area (Å²) in [6, 6.07) is 11.4. The van der Waals surface area contributed by atoms with Gasteiger partial charge in [0.2, 0.25) is 0 Å². The third kappa shape index (κ3) is 4.12. The first kappa shape index (κ1) is 18.2. The minimum Gasteiger partial charge on any atom is -0.497 e. The first-order valence-corrected chi connectivity index (χ1v) is 9.10. The Morgan fingerprint density at radius 3 is 2.58 bits per heavy atom. The number of amides is 1. The van der Waals surface area contributed by atoms with Crippen LogP contribution in [0.1, 0.15) is 16.1 Å². The Labute approximate surface area is 156 Å². The lowest BCUT2D eigenvalue weighted by atomic mass is 10.1. The number of thiazole rings is 1. The van der Waals surface area contributed by atoms with Gasteiger partial charge in [-0.2, -0.15) is 0 Å². The zero-order valence-corrected chi connectivity index (χ0v) is 15.6. The summed E-state index contributed by atoms with van der Waals surface area (Å²) in [4.78, 5) is 18.0. The largest absolute Gasteiger partial charge is 0.497 e. The number of carbonyl (C=O) groups excluding carboxylic acids is 1. The number of ether oxygens (including phenoxy) is 2. The summed E-state index contributed by atoms with van der Waals surface area (Å²) in [5.41, 5.74) is 1.55. The molecule has 6 nitrogen and oxygen atoms in total. The van der Waals surface area contributed by atoms with E-state index in [2.05, 4.69) is 5.32 Å². The van der Waals surface area contributed by atoms with Gasteiger partial charge in [-0.1, -0.05) is 11.3 Å². The van der Waals surface area contributed by atoms with Gasteiger partial charge in [0, 0.05) is 38.2 Å². The maximum atomic E-state index is 12.7. The second kappa shape index (κ2) is 8.64. The van der Waals surface area contributed by atoms with E-state index in [1.54, 1.807) is 14.2 Å². The van der Waals surface area contributed by atoms with E-state index in [-0.39, 0.29) is 5.91 Å². The van der Waals surface area contributed by atoms with Crippen molar-refractivity contribution >= 4 is 17.2 Å². The van der Waals surface area contributed by atoms with Gasteiger partial charge in [-0.25, -0.2) is 4.98 Å². The van der Waals surface area contributed by atoms with E-state index >= 15 is 0 Å². The van der Waals surface area contributed by atoms with Crippen molar-refractivity contribution in [1.82, 2.24) is 14.9 Å². The van der Waals surface area contributed by atoms with Crippen molar-refractivity contribution in [3.05, 3.63) is 53.7 Å². The molecule has 0 aliphatic rings. The topological polar surface area (TPSA) is 65.4 Å². The molecule has 0 atom stereocenters. The zero-order chi connectivity index (χ0) is 18.4. The molecular formula is C19H21N3O3S. The van der Waals surface area contributed by atoms with Crippen LogP contribution in [-0.2, 0) is 4.74 Å². The molecule has 2 aromatic heterocycles. The molecule has 1 aromatic carbocycles. The number of aromatic nitrogens is 2. The molecule has 0 aliphatic carbocycles. The number of carbonyl (C=O) groups is 1. The van der Waals surface area contributed by atoms with Crippen LogP contribution in [0.15, 0.2) is 48.8 Å². The summed E-state index contributed by atoms with van der Waals surface area (Å²) in [6.45, 7) is 1.18. The standard InChI is InChI=1S/C19H21N3O3S/c1-24-13-5-10-20-18(23)17-16(14-6-8-15(25-2)9-7-14)21-19(26-17)22-11-3-4-12-22/h3-4,6-9,11-12H,5,10,13H2,1-2H3,(H,20,23). The quantitative estimate of drug-likeness (QED) is 0.617. The van der Waals surface area contributed by atoms with Crippen molar-refractivity contribution in [3.8, 4) is 22.1 Å². The molecular weight excluding hydrogens is 350 g/mol. The summed E-state index contributed by atoms with van der Waals surface area (Å²) in [6.07, 6.45) is 4.59. The first-order chi connectivity index (χ1) is 12.7. The highest BCUT2D eigenvalue weighted by Gasteiger charge is 2.20. The number of methoxy groups -OCH3 is 2. The van der Waals surface area contributed by atoms with Gasteiger partial charge >= 0.3 is 0 Å². The van der Waals surface area contributed by atoms with Gasteiger partial charge in [0.25, 0.3) is 5.91 Å². The lowest BCUT2D eigenvalue weighted by Gasteiger charge is -2.06. The Balaban J connectivity index is 1.91. The SMILES string of the molecule is COCCCNC(=O)c1sc(-n2cccc2)nc1-c1ccc(OC)cc1. The van der Waals surface area contributed by atoms with Crippen molar-refractivity contribution < 1.29 is 14.3 Å². The van der Waals surface area contributed by atoms with Gasteiger partial charge in [-0.05, 0) is 42.8 Å². The molecule has 136 valence electrons. The van der Waals surface area contributed by atoms with Crippen molar-refractivity contribution in [1.29, 1.82) is 0 Å². The number of nitrogens with zero attached hydrogens (tertiary/aromatic N) is 2. The number of hydrogen-bond donors (Lipinski definition) is 1. The number of hydrogen-bond acceptors (Lipinski definition) is 5. The van der Waals surface area contributed by atoms with E-state index in [4.69, 9.17) is 14.5 Å². The monoisotopic (exact) mass is 371 g/mol. The number of rotatable bonds is 8. The van der Waals surface area contributed by atoms with E-state index in [1.807, 2.05) is 53.4 Å². The van der Waals surface area contributed by atoms with Gasteiger partial charge in [-0.3, -0.25) is 4.79 Å². The molecule has 3 rings (SSSR count). The van der Waals surface area contributed by atoms with Crippen LogP contribution in [0, 0.1) is 0 Å². The average molecular weight is 371 g/mol. The van der Waals surface area contributed by atoms with E-state index in [0.717, 1.165) is 22.9 Å². The number of benzene rings is 1. The van der Waals surface area contributed by atoms with Crippen LogP contribution in [0.5, 0.6) is 5.75 Å². The van der Waals surface area contributed by atoms with Crippen LogP contribution < -0.4 is 10.1 Å². The molecule has 2 heterocycles. The van der Waals surface area contributed by atoms with Crippen LogP contribution >= 0.6 is 11.3 Å². The summed E-state index contributed by atoms with van der Waals surface area (Å²) in [7, 11) is 3.27. The third-order valence-electron chi connectivity index (χ3n) is 3.82. The Morgan fingerprint density at radius 2 is 1.92 bits per heavy atom. The molecule has 3 aromatic rings. The second-order valence-corrected chi connectivity index (χ2v) is 6.57. The fourth-order valence-electron chi connectivity index (χ4n) is 2.48. The smallest absolute Gasteiger partial charge is 0.263 e. The maximum Gasteiger partial charge on any atom is 0.263 e. The van der Waals surface area contributed by atoms with Crippen LogP contribution in [0.4, 0.5) is 0 Å². The number of nitrogens with one attached hydrogen (secondary N) is 1. The predicted octanol–water partition coefficient (Wildman–Crippen LogP) is 3.38. The molecule has 7 heteroatoms. The summed E-state index contributed by atoms with van der Waals surface area (Å²) in [5.74, 6) is 0.642. The minimum atomic E-state index is -0.122. The maximum absolute atomic E-state index is 12.7. The van der Waals surface area contributed by atoms with E-state index < -0.39 is 0 Å². The van der Waals surface area contributed by atoms with Crippen molar-refractivity contribution in [2.45, 2.75) is 6.42 Å². The predicted molar refractivity (Wildman–Crippen MR) is 102 cm³/mol. The molecule has 0 spiro atoms. The van der Waals surface area contributed by atoms with Gasteiger partial charge < -0.3 is 19.4 Å². The van der Waals surface area contributed by atoms with Gasteiger partial charge in [0.1, 0.15) is 10.6 Å². The Kier molecular flexibility index (Phi) is 6.04. The molecule has 0 radical (unpaired) electrons. The summed E-state index contributed by atoms with van der Waals surface area (Å²) >= 11 is 1.37. The molecule has 0 aliphatic heterocycles. The molecule has 1 amide bonds. The lowest BCUT2D eigenvalue weighted by molar-refractivity contribution is 0.0953. The molecule has 1 N–H and O–H groups in total. The van der Waals surface area contributed by atoms with Gasteiger partial charge in [-0.15, -0.1) is 0 Å². The highest BCUT2D eigenvalue weighted by molar-refractivity contribution is 7.16. The van der Waals surface area contributed by atoms with Crippen molar-refractivity contribution in [2.24, 2.45) is 0 Å². The third-order valence-corrected chi connectivity index (χ3v) is 4.89. The average Bonchev–Trinajstić information content (AvgIpc) is 3.34. The van der Waals surface area contributed by atoms with Gasteiger partial charge in [0.05, 0.1) is 12.8 Å². The van der Waals surface area contributed by atoms with Crippen LogP contribution in [-0.4, -0.2) is 42.8 Å². The fraction of sp³-hybridized carbons (Fsp3) is 0.263. The van der Waals surface area contributed by atoms with E-state index in [0.29, 0.717) is 23.7 Å². The minimum absolute atomic E-state index is 0.122. The molecule has 0 saturated heterocycles. The van der Waals surface area contributed by atoms with Gasteiger partial charge in [0.15, 0.2) is 5.13 Å². The zero-order valence-electron chi connectivity index (χ0n) is 14.8. The molecule has 26 heavy (non-hydrogen) atoms. The van der Waals surface area contributed by atoms with Crippen LogP contribution in [0.2, 0.25) is 0 Å². The summed E-state index contributed by atoms with van der Waals surface area (Å²) < 4.78 is 12.1. The first-order valence-electron chi connectivity index (χ1n) is 8.28. The van der Waals surface area contributed by atoms with E-state index in [9.17, 15) is 4.79 Å². The van der Waals surface area contributed by atoms with Crippen LogP contribution in [0.25, 0.3) is 16.4 Å². The fourth-order valence-corrected chi connectivity index (χ4v) is 3.45. The normalized spacial score (nSPS) is 10.7. The molecule has 0 bridgehead atoms. The summed E-state index contributed by atoms with van der Waals surface area (Å²) in [5, 5.41) is 3.70. The highest BCUT2D eigenvalue weighted by Crippen LogP contribution is 2.31. The lowest BCUT2D eigenvalue weighted by Crippen LogP contribution is -2.24. The highest BCUT2D eigenvalue weighted by atomic mass is 32.1. The Bertz CT molecular complexity index is 842. The van der Waals surface area contributed by atoms with Crippen LogP contribution in [0.3, 0.4) is 0 Å². The second-order valence-electron chi connectivity index (χ2n) is 5.60. The Hall–Kier alpha value is -2.64. The van der Waals surface area contributed by atoms with E-state index in [1.165, 1.54) is 11.3 Å².